The predicted octanol–water partition coefficient (Wildman–Crippen LogP) is 1.53. The summed E-state index contributed by atoms with van der Waals surface area (Å²) in [6.07, 6.45) is 11.1. The largest absolute Gasteiger partial charge is 0.385 e. The number of rotatable bonds is 1. The average Bonchev–Trinajstić information content (AvgIpc) is 2.24. The molecule has 2 nitrogen and oxygen atoms in total. The Balaban J connectivity index is 2.08. The summed E-state index contributed by atoms with van der Waals surface area (Å²) >= 11 is 0. The molecule has 0 amide bonds. The minimum absolute atomic E-state index is 0.570. The monoisotopic (exact) mass is 192 g/mol. The number of hydrogen-bond acceptors (Lipinski definition) is 2. The molecule has 1 aliphatic heterocycles. The molecule has 1 fully saturated rings. The normalized spacial score (nSPS) is 27.4. The van der Waals surface area contributed by atoms with Crippen molar-refractivity contribution in [1.82, 2.24) is 4.90 Å². The molecule has 14 heavy (non-hydrogen) atoms. The van der Waals surface area contributed by atoms with E-state index >= 15 is 0 Å². The first-order chi connectivity index (χ1) is 6.71. The van der Waals surface area contributed by atoms with Crippen molar-refractivity contribution in [3.63, 3.8) is 0 Å². The van der Waals surface area contributed by atoms with E-state index in [1.165, 1.54) is 0 Å². The number of nitrogens with zero attached hydrogens (tertiary/aromatic N) is 1. The van der Waals surface area contributed by atoms with Gasteiger partial charge in [-0.3, -0.25) is 0 Å². The average molecular weight is 192 g/mol. The summed E-state index contributed by atoms with van der Waals surface area (Å²) in [5.74, 6) is 0. The topological polar surface area (TPSA) is 23.5 Å². The number of aliphatic hydroxyl groups is 1. The zero-order valence-electron chi connectivity index (χ0n) is 8.74. The van der Waals surface area contributed by atoms with E-state index in [9.17, 15) is 5.11 Å². The molecule has 0 aromatic rings. The lowest BCUT2D eigenvalue weighted by atomic mass is 9.82. The second-order valence-electron chi connectivity index (χ2n) is 4.33. The van der Waals surface area contributed by atoms with Gasteiger partial charge in [-0.05, 0) is 38.3 Å². The first-order valence-electron chi connectivity index (χ1n) is 5.32. The van der Waals surface area contributed by atoms with Gasteiger partial charge in [0.15, 0.2) is 0 Å². The quantitative estimate of drug-likeness (QED) is 0.681. The maximum Gasteiger partial charge on any atom is 0.0917 e. The molecule has 77 valence electrons. The zero-order valence-corrected chi connectivity index (χ0v) is 8.74. The smallest absolute Gasteiger partial charge is 0.0917 e. The van der Waals surface area contributed by atoms with E-state index in [2.05, 4.69) is 36.6 Å². The van der Waals surface area contributed by atoms with Crippen LogP contribution < -0.4 is 0 Å². The molecule has 0 aromatic heterocycles. The van der Waals surface area contributed by atoms with Crippen molar-refractivity contribution in [1.29, 1.82) is 0 Å². The highest BCUT2D eigenvalue weighted by Gasteiger charge is 2.33. The van der Waals surface area contributed by atoms with Gasteiger partial charge in [0.2, 0.25) is 0 Å². The van der Waals surface area contributed by atoms with Crippen LogP contribution in [0.5, 0.6) is 0 Å². The molecular weight excluding hydrogens is 174 g/mol. The third kappa shape index (κ3) is 1.91. The fourth-order valence-electron chi connectivity index (χ4n) is 2.11. The van der Waals surface area contributed by atoms with Crippen LogP contribution in [-0.2, 0) is 0 Å². The van der Waals surface area contributed by atoms with Crippen molar-refractivity contribution < 1.29 is 5.11 Å². The fraction of sp³-hybridized carbons (Fsp3) is 0.583. The first-order valence-corrected chi connectivity index (χ1v) is 5.32. The summed E-state index contributed by atoms with van der Waals surface area (Å²) in [6, 6.07) is 0. The van der Waals surface area contributed by atoms with Crippen LogP contribution in [0.25, 0.3) is 0 Å². The molecule has 0 bridgehead atoms. The molecule has 2 aliphatic rings. The Labute approximate surface area is 85.9 Å². The van der Waals surface area contributed by atoms with Gasteiger partial charge < -0.3 is 10.0 Å². The van der Waals surface area contributed by atoms with Crippen LogP contribution in [0.1, 0.15) is 19.3 Å². The van der Waals surface area contributed by atoms with Crippen LogP contribution in [0.15, 0.2) is 23.8 Å². The van der Waals surface area contributed by atoms with Crippen LogP contribution in [0.2, 0.25) is 0 Å². The molecule has 2 heteroatoms. The molecule has 0 unspecified atom stereocenters. The molecule has 0 aromatic carbocycles. The summed E-state index contributed by atoms with van der Waals surface area (Å²) < 4.78 is 0. The molecule has 0 saturated carbocycles. The Morgan fingerprint density at radius 2 is 2.07 bits per heavy atom. The van der Waals surface area contributed by atoms with Crippen molar-refractivity contribution in [3.05, 3.63) is 30.2 Å². The van der Waals surface area contributed by atoms with Crippen molar-refractivity contribution in [2.45, 2.75) is 24.9 Å². The van der Waals surface area contributed by atoms with Crippen LogP contribution >= 0.6 is 0 Å². The van der Waals surface area contributed by atoms with Crippen LogP contribution in [0, 0.1) is 6.42 Å². The maximum atomic E-state index is 10.4. The third-order valence-electron chi connectivity index (χ3n) is 3.22. The van der Waals surface area contributed by atoms with Gasteiger partial charge in [-0.25, -0.2) is 0 Å². The van der Waals surface area contributed by atoms with Crippen molar-refractivity contribution in [3.8, 4) is 0 Å². The Hall–Kier alpha value is -0.600. The summed E-state index contributed by atoms with van der Waals surface area (Å²) in [6.45, 7) is 1.98. The van der Waals surface area contributed by atoms with Gasteiger partial charge in [-0.1, -0.05) is 18.2 Å². The molecule has 0 spiro atoms. The Morgan fingerprint density at radius 1 is 1.36 bits per heavy atom. The molecule has 1 heterocycles. The summed E-state index contributed by atoms with van der Waals surface area (Å²) in [4.78, 5) is 2.27. The highest BCUT2D eigenvalue weighted by Crippen LogP contribution is 2.31. The molecule has 1 saturated heterocycles. The summed E-state index contributed by atoms with van der Waals surface area (Å²) in [5.41, 5.74) is 0.525. The SMILES string of the molecule is CN1CCC(O)(C2=C[CH]CC=C2)CC1. The van der Waals surface area contributed by atoms with E-state index in [4.69, 9.17) is 0 Å². The van der Waals surface area contributed by atoms with Gasteiger partial charge in [-0.2, -0.15) is 0 Å². The van der Waals surface area contributed by atoms with E-state index in [1.54, 1.807) is 0 Å². The van der Waals surface area contributed by atoms with Crippen molar-refractivity contribution in [2.24, 2.45) is 0 Å². The molecule has 2 rings (SSSR count). The van der Waals surface area contributed by atoms with Crippen LogP contribution in [0.3, 0.4) is 0 Å². The van der Waals surface area contributed by atoms with Crippen LogP contribution in [0.4, 0.5) is 0 Å². The number of hydrogen-bond donors (Lipinski definition) is 1. The van der Waals surface area contributed by atoms with Crippen molar-refractivity contribution in [2.75, 3.05) is 20.1 Å². The minimum Gasteiger partial charge on any atom is -0.385 e. The van der Waals surface area contributed by atoms with Gasteiger partial charge in [0.25, 0.3) is 0 Å². The number of piperidine rings is 1. The summed E-state index contributed by atoms with van der Waals surface area (Å²) in [5, 5.41) is 10.4. The van der Waals surface area contributed by atoms with Gasteiger partial charge in [-0.15, -0.1) is 0 Å². The molecule has 1 N–H and O–H groups in total. The molecule has 1 aliphatic carbocycles. The van der Waals surface area contributed by atoms with Crippen molar-refractivity contribution >= 4 is 0 Å². The lowest BCUT2D eigenvalue weighted by molar-refractivity contribution is 0.0190. The fourth-order valence-corrected chi connectivity index (χ4v) is 2.11. The number of likely N-dealkylation sites (tertiary alicyclic amines) is 1. The van der Waals surface area contributed by atoms with E-state index in [0.29, 0.717) is 0 Å². The highest BCUT2D eigenvalue weighted by molar-refractivity contribution is 5.35. The Kier molecular flexibility index (Phi) is 2.75. The van der Waals surface area contributed by atoms with E-state index < -0.39 is 5.60 Å². The highest BCUT2D eigenvalue weighted by atomic mass is 16.3. The summed E-state index contributed by atoms with van der Waals surface area (Å²) in [7, 11) is 2.11. The van der Waals surface area contributed by atoms with E-state index in [-0.39, 0.29) is 0 Å². The lowest BCUT2D eigenvalue weighted by Gasteiger charge is -2.38. The minimum atomic E-state index is -0.570. The second-order valence-corrected chi connectivity index (χ2v) is 4.33. The zero-order chi connectivity index (χ0) is 10.0. The van der Waals surface area contributed by atoms with E-state index in [1.807, 2.05) is 0 Å². The maximum absolute atomic E-state index is 10.4. The van der Waals surface area contributed by atoms with E-state index in [0.717, 1.165) is 37.9 Å². The van der Waals surface area contributed by atoms with Gasteiger partial charge in [0.05, 0.1) is 5.60 Å². The second kappa shape index (κ2) is 3.87. The lowest BCUT2D eigenvalue weighted by Crippen LogP contribution is -2.43. The standard InChI is InChI=1S/C12H18NO/c1-13-9-7-12(14,8-10-13)11-5-3-2-4-6-11/h3-6,14H,2,7-10H2,1H3. The number of allylic oxidation sites excluding steroid dienone is 2. The molecule has 0 atom stereocenters. The van der Waals surface area contributed by atoms with Gasteiger partial charge in [0.1, 0.15) is 0 Å². The third-order valence-corrected chi connectivity index (χ3v) is 3.22. The van der Waals surface area contributed by atoms with Gasteiger partial charge in [0, 0.05) is 13.1 Å². The van der Waals surface area contributed by atoms with Gasteiger partial charge >= 0.3 is 0 Å². The molecular formula is C12H18NO. The van der Waals surface area contributed by atoms with Crippen LogP contribution in [-0.4, -0.2) is 35.7 Å². The predicted molar refractivity (Wildman–Crippen MR) is 57.8 cm³/mol. The Morgan fingerprint density at radius 3 is 2.64 bits per heavy atom. The first kappa shape index (κ1) is 9.94. The Bertz CT molecular complexity index is 259. The molecule has 1 radical (unpaired) electrons.